The Morgan fingerprint density at radius 3 is 2.68 bits per heavy atom. The lowest BCUT2D eigenvalue weighted by Crippen LogP contribution is -1.92. The molecule has 0 radical (unpaired) electrons. The van der Waals surface area contributed by atoms with Crippen molar-refractivity contribution in [2.24, 2.45) is 0 Å². The Kier molecular flexibility index (Phi) is 3.72. The molecule has 0 fully saturated rings. The molecule has 0 saturated heterocycles. The molecule has 1 aromatic heterocycles. The zero-order chi connectivity index (χ0) is 13.7. The van der Waals surface area contributed by atoms with Crippen LogP contribution in [-0.4, -0.2) is 10.1 Å². The lowest BCUT2D eigenvalue weighted by atomic mass is 10.1. The van der Waals surface area contributed by atoms with E-state index in [0.29, 0.717) is 22.6 Å². The maximum Gasteiger partial charge on any atom is 0.145 e. The third kappa shape index (κ3) is 2.86. The van der Waals surface area contributed by atoms with Crippen molar-refractivity contribution in [3.63, 3.8) is 0 Å². The van der Waals surface area contributed by atoms with Crippen molar-refractivity contribution < 1.29 is 9.84 Å². The van der Waals surface area contributed by atoms with Crippen LogP contribution in [-0.2, 0) is 6.61 Å². The predicted molar refractivity (Wildman–Crippen MR) is 66.1 cm³/mol. The minimum Gasteiger partial charge on any atom is -0.456 e. The summed E-state index contributed by atoms with van der Waals surface area (Å²) in [5, 5.41) is 26.8. The van der Waals surface area contributed by atoms with E-state index in [1.165, 1.54) is 12.3 Å². The molecule has 0 aliphatic heterocycles. The van der Waals surface area contributed by atoms with Crippen molar-refractivity contribution in [1.29, 1.82) is 10.5 Å². The highest BCUT2D eigenvalue weighted by Crippen LogP contribution is 2.26. The van der Waals surface area contributed by atoms with Crippen LogP contribution in [0.2, 0.25) is 0 Å². The van der Waals surface area contributed by atoms with E-state index in [-0.39, 0.29) is 12.3 Å². The summed E-state index contributed by atoms with van der Waals surface area (Å²) in [5.41, 5.74) is 1.20. The van der Waals surface area contributed by atoms with Gasteiger partial charge in [0.2, 0.25) is 0 Å². The first-order valence-electron chi connectivity index (χ1n) is 5.44. The molecule has 0 spiro atoms. The summed E-state index contributed by atoms with van der Waals surface area (Å²) in [7, 11) is 0. The quantitative estimate of drug-likeness (QED) is 0.902. The van der Waals surface area contributed by atoms with Crippen LogP contribution in [0.1, 0.15) is 16.8 Å². The van der Waals surface area contributed by atoms with Crippen LogP contribution in [0.5, 0.6) is 11.5 Å². The van der Waals surface area contributed by atoms with Crippen molar-refractivity contribution >= 4 is 0 Å². The van der Waals surface area contributed by atoms with Gasteiger partial charge in [0, 0.05) is 12.3 Å². The zero-order valence-electron chi connectivity index (χ0n) is 9.87. The molecule has 0 aliphatic carbocycles. The summed E-state index contributed by atoms with van der Waals surface area (Å²) in [5.74, 6) is 0.801. The minimum absolute atomic E-state index is 0.136. The molecular formula is C14H9N3O2. The molecule has 0 atom stereocenters. The van der Waals surface area contributed by atoms with E-state index in [1.807, 2.05) is 12.1 Å². The molecule has 2 rings (SSSR count). The van der Waals surface area contributed by atoms with Crippen LogP contribution in [0.25, 0.3) is 0 Å². The van der Waals surface area contributed by atoms with E-state index in [0.717, 1.165) is 0 Å². The summed E-state index contributed by atoms with van der Waals surface area (Å²) in [6.07, 6.45) is 1.46. The molecule has 1 N–H and O–H groups in total. The van der Waals surface area contributed by atoms with Gasteiger partial charge in [-0.25, -0.2) is 4.98 Å². The lowest BCUT2D eigenvalue weighted by molar-refractivity contribution is 0.281. The van der Waals surface area contributed by atoms with Crippen LogP contribution < -0.4 is 4.74 Å². The van der Waals surface area contributed by atoms with E-state index in [1.54, 1.807) is 24.3 Å². The SMILES string of the molecule is N#Cc1cc(Oc2ccc(CO)cc2C#N)ccn1. The van der Waals surface area contributed by atoms with E-state index < -0.39 is 0 Å². The van der Waals surface area contributed by atoms with Gasteiger partial charge in [-0.3, -0.25) is 0 Å². The van der Waals surface area contributed by atoms with E-state index in [2.05, 4.69) is 4.98 Å². The highest BCUT2D eigenvalue weighted by molar-refractivity contribution is 5.47. The lowest BCUT2D eigenvalue weighted by Gasteiger charge is -2.08. The second-order valence-electron chi connectivity index (χ2n) is 3.69. The number of nitriles is 2. The molecule has 19 heavy (non-hydrogen) atoms. The van der Waals surface area contributed by atoms with Crippen molar-refractivity contribution in [2.45, 2.75) is 6.61 Å². The Morgan fingerprint density at radius 2 is 2.00 bits per heavy atom. The fourth-order valence-electron chi connectivity index (χ4n) is 1.51. The topological polar surface area (TPSA) is 89.9 Å². The molecule has 2 aromatic rings. The first kappa shape index (κ1) is 12.6. The Labute approximate surface area is 109 Å². The van der Waals surface area contributed by atoms with Crippen molar-refractivity contribution in [3.05, 3.63) is 53.3 Å². The summed E-state index contributed by atoms with van der Waals surface area (Å²) in [4.78, 5) is 3.83. The highest BCUT2D eigenvalue weighted by atomic mass is 16.5. The van der Waals surface area contributed by atoms with Crippen LogP contribution in [0.4, 0.5) is 0 Å². The molecular weight excluding hydrogens is 242 g/mol. The van der Waals surface area contributed by atoms with Gasteiger partial charge in [0.1, 0.15) is 29.3 Å². The number of aliphatic hydroxyl groups is 1. The molecule has 5 nitrogen and oxygen atoms in total. The standard InChI is InChI=1S/C14H9N3O2/c15-7-11-5-10(9-18)1-2-14(11)19-13-3-4-17-12(6-13)8-16/h1-6,18H,9H2. The third-order valence-electron chi connectivity index (χ3n) is 2.42. The average molecular weight is 251 g/mol. The maximum absolute atomic E-state index is 9.04. The second-order valence-corrected chi connectivity index (χ2v) is 3.69. The van der Waals surface area contributed by atoms with Crippen molar-refractivity contribution in [2.75, 3.05) is 0 Å². The molecule has 1 heterocycles. The number of rotatable bonds is 3. The summed E-state index contributed by atoms with van der Waals surface area (Å²) in [6, 6.07) is 11.8. The number of benzene rings is 1. The number of pyridine rings is 1. The maximum atomic E-state index is 9.04. The van der Waals surface area contributed by atoms with Gasteiger partial charge in [0.15, 0.2) is 0 Å². The van der Waals surface area contributed by atoms with Crippen molar-refractivity contribution in [1.82, 2.24) is 4.98 Å². The van der Waals surface area contributed by atoms with Gasteiger partial charge >= 0.3 is 0 Å². The van der Waals surface area contributed by atoms with Crippen LogP contribution in [0, 0.1) is 22.7 Å². The Bertz CT molecular complexity index is 684. The van der Waals surface area contributed by atoms with Gasteiger partial charge in [-0.05, 0) is 23.8 Å². The largest absolute Gasteiger partial charge is 0.456 e. The molecule has 0 amide bonds. The number of aliphatic hydroxyl groups excluding tert-OH is 1. The van der Waals surface area contributed by atoms with E-state index in [9.17, 15) is 0 Å². The van der Waals surface area contributed by atoms with Crippen LogP contribution in [0.3, 0.4) is 0 Å². The van der Waals surface area contributed by atoms with Gasteiger partial charge in [-0.15, -0.1) is 0 Å². The fraction of sp³-hybridized carbons (Fsp3) is 0.0714. The normalized spacial score (nSPS) is 9.42. The Hall–Kier alpha value is -2.89. The monoisotopic (exact) mass is 251 g/mol. The highest BCUT2D eigenvalue weighted by Gasteiger charge is 2.06. The van der Waals surface area contributed by atoms with Gasteiger partial charge < -0.3 is 9.84 Å². The van der Waals surface area contributed by atoms with E-state index in [4.69, 9.17) is 20.4 Å². The summed E-state index contributed by atoms with van der Waals surface area (Å²) < 4.78 is 5.55. The fourth-order valence-corrected chi connectivity index (χ4v) is 1.51. The molecule has 0 saturated carbocycles. The first-order chi connectivity index (χ1) is 9.26. The Balaban J connectivity index is 2.33. The third-order valence-corrected chi connectivity index (χ3v) is 2.42. The number of hydrogen-bond donors (Lipinski definition) is 1. The number of nitrogens with zero attached hydrogens (tertiary/aromatic N) is 3. The van der Waals surface area contributed by atoms with Gasteiger partial charge in [0.05, 0.1) is 12.2 Å². The van der Waals surface area contributed by atoms with E-state index >= 15 is 0 Å². The summed E-state index contributed by atoms with van der Waals surface area (Å²) in [6.45, 7) is -0.136. The predicted octanol–water partition coefficient (Wildman–Crippen LogP) is 2.11. The molecule has 92 valence electrons. The molecule has 0 unspecified atom stereocenters. The zero-order valence-corrected chi connectivity index (χ0v) is 9.87. The second kappa shape index (κ2) is 5.63. The van der Waals surface area contributed by atoms with Crippen molar-refractivity contribution in [3.8, 4) is 23.6 Å². The summed E-state index contributed by atoms with van der Waals surface area (Å²) >= 11 is 0. The number of ether oxygens (including phenoxy) is 1. The average Bonchev–Trinajstić information content (AvgIpc) is 2.48. The van der Waals surface area contributed by atoms with Crippen LogP contribution in [0.15, 0.2) is 36.5 Å². The number of aromatic nitrogens is 1. The molecule has 1 aromatic carbocycles. The molecule has 5 heteroatoms. The van der Waals surface area contributed by atoms with Gasteiger partial charge in [0.25, 0.3) is 0 Å². The van der Waals surface area contributed by atoms with Gasteiger partial charge in [-0.2, -0.15) is 10.5 Å². The minimum atomic E-state index is -0.136. The molecule has 0 aliphatic rings. The number of hydrogen-bond acceptors (Lipinski definition) is 5. The molecule has 0 bridgehead atoms. The van der Waals surface area contributed by atoms with Crippen LogP contribution >= 0.6 is 0 Å². The van der Waals surface area contributed by atoms with Gasteiger partial charge in [-0.1, -0.05) is 6.07 Å². The smallest absolute Gasteiger partial charge is 0.145 e. The first-order valence-corrected chi connectivity index (χ1v) is 5.44. The Morgan fingerprint density at radius 1 is 1.16 bits per heavy atom.